The van der Waals surface area contributed by atoms with E-state index in [4.69, 9.17) is 9.15 Å². The maximum absolute atomic E-state index is 11.7. The minimum atomic E-state index is -0.347. The van der Waals surface area contributed by atoms with E-state index < -0.39 is 0 Å². The molecule has 0 atom stereocenters. The van der Waals surface area contributed by atoms with Gasteiger partial charge in [-0.05, 0) is 11.6 Å². The summed E-state index contributed by atoms with van der Waals surface area (Å²) in [5, 5.41) is 0. The molecule has 1 amide bonds. The molecular formula is C14H15NO3. The molecule has 2 aromatic rings. The van der Waals surface area contributed by atoms with Crippen LogP contribution in [0.4, 0.5) is 4.79 Å². The van der Waals surface area contributed by atoms with E-state index in [9.17, 15) is 4.79 Å². The maximum atomic E-state index is 11.7. The highest BCUT2D eigenvalue weighted by Gasteiger charge is 2.11. The number of hydrogen-bond donors (Lipinski definition) is 0. The molecule has 0 aliphatic rings. The summed E-state index contributed by atoms with van der Waals surface area (Å²) in [6.45, 7) is 0.763. The smallest absolute Gasteiger partial charge is 0.410 e. The van der Waals surface area contributed by atoms with Crippen LogP contribution in [-0.4, -0.2) is 18.0 Å². The van der Waals surface area contributed by atoms with Gasteiger partial charge in [0.1, 0.15) is 6.61 Å². The van der Waals surface area contributed by atoms with Crippen LogP contribution < -0.4 is 0 Å². The van der Waals surface area contributed by atoms with Crippen molar-refractivity contribution in [1.82, 2.24) is 4.90 Å². The van der Waals surface area contributed by atoms with Gasteiger partial charge in [-0.1, -0.05) is 30.3 Å². The van der Waals surface area contributed by atoms with E-state index in [1.807, 2.05) is 36.4 Å². The molecule has 0 unspecified atom stereocenters. The molecule has 0 spiro atoms. The van der Waals surface area contributed by atoms with E-state index in [0.717, 1.165) is 11.1 Å². The Bertz CT molecular complexity index is 479. The van der Waals surface area contributed by atoms with Gasteiger partial charge in [-0.25, -0.2) is 4.79 Å². The van der Waals surface area contributed by atoms with Crippen LogP contribution >= 0.6 is 0 Å². The Balaban J connectivity index is 1.81. The fourth-order valence-corrected chi connectivity index (χ4v) is 1.55. The maximum Gasteiger partial charge on any atom is 0.410 e. The van der Waals surface area contributed by atoms with Crippen LogP contribution in [0.25, 0.3) is 0 Å². The summed E-state index contributed by atoms with van der Waals surface area (Å²) in [7, 11) is 1.69. The third-order valence-corrected chi connectivity index (χ3v) is 2.52. The molecule has 1 heterocycles. The molecular weight excluding hydrogens is 230 g/mol. The summed E-state index contributed by atoms with van der Waals surface area (Å²) >= 11 is 0. The number of amides is 1. The van der Waals surface area contributed by atoms with Gasteiger partial charge in [0.05, 0.1) is 19.1 Å². The Labute approximate surface area is 106 Å². The summed E-state index contributed by atoms with van der Waals surface area (Å²) in [4.78, 5) is 13.2. The van der Waals surface area contributed by atoms with E-state index in [2.05, 4.69) is 0 Å². The molecule has 0 radical (unpaired) electrons. The molecule has 0 saturated carbocycles. The number of nitrogens with zero attached hydrogens (tertiary/aromatic N) is 1. The zero-order valence-corrected chi connectivity index (χ0v) is 10.2. The highest BCUT2D eigenvalue weighted by molar-refractivity contribution is 5.67. The summed E-state index contributed by atoms with van der Waals surface area (Å²) < 4.78 is 10.1. The molecule has 1 aromatic carbocycles. The Kier molecular flexibility index (Phi) is 4.02. The van der Waals surface area contributed by atoms with Crippen molar-refractivity contribution in [3.05, 3.63) is 60.1 Å². The van der Waals surface area contributed by atoms with Crippen molar-refractivity contribution in [2.24, 2.45) is 0 Å². The number of rotatable bonds is 4. The molecule has 1 aromatic heterocycles. The molecule has 0 bridgehead atoms. The summed E-state index contributed by atoms with van der Waals surface area (Å²) in [5.41, 5.74) is 1.91. The van der Waals surface area contributed by atoms with Crippen LogP contribution in [0.2, 0.25) is 0 Å². The second kappa shape index (κ2) is 5.91. The Morgan fingerprint density at radius 1 is 1.22 bits per heavy atom. The van der Waals surface area contributed by atoms with Gasteiger partial charge < -0.3 is 14.1 Å². The molecule has 0 saturated heterocycles. The summed E-state index contributed by atoms with van der Waals surface area (Å²) in [6.07, 6.45) is 2.85. The largest absolute Gasteiger partial charge is 0.472 e. The van der Waals surface area contributed by atoms with Crippen molar-refractivity contribution in [3.63, 3.8) is 0 Å². The first-order valence-corrected chi connectivity index (χ1v) is 5.68. The second-order valence-electron chi connectivity index (χ2n) is 4.03. The van der Waals surface area contributed by atoms with E-state index in [-0.39, 0.29) is 12.7 Å². The second-order valence-corrected chi connectivity index (χ2v) is 4.03. The van der Waals surface area contributed by atoms with Gasteiger partial charge in [-0.2, -0.15) is 0 Å². The number of carbonyl (C=O) groups is 1. The monoisotopic (exact) mass is 245 g/mol. The normalized spacial score (nSPS) is 10.1. The predicted octanol–water partition coefficient (Wildman–Crippen LogP) is 3.05. The van der Waals surface area contributed by atoms with Crippen LogP contribution in [-0.2, 0) is 17.9 Å². The van der Waals surface area contributed by atoms with Crippen LogP contribution in [0.1, 0.15) is 11.1 Å². The highest BCUT2D eigenvalue weighted by Crippen LogP contribution is 2.07. The van der Waals surface area contributed by atoms with Crippen molar-refractivity contribution in [3.8, 4) is 0 Å². The van der Waals surface area contributed by atoms with Gasteiger partial charge in [0.25, 0.3) is 0 Å². The number of carbonyl (C=O) groups excluding carboxylic acids is 1. The van der Waals surface area contributed by atoms with Crippen molar-refractivity contribution in [1.29, 1.82) is 0 Å². The molecule has 18 heavy (non-hydrogen) atoms. The van der Waals surface area contributed by atoms with Gasteiger partial charge >= 0.3 is 6.09 Å². The van der Waals surface area contributed by atoms with E-state index >= 15 is 0 Å². The topological polar surface area (TPSA) is 42.7 Å². The predicted molar refractivity (Wildman–Crippen MR) is 66.8 cm³/mol. The van der Waals surface area contributed by atoms with Crippen molar-refractivity contribution < 1.29 is 13.9 Å². The van der Waals surface area contributed by atoms with E-state index in [1.54, 1.807) is 19.6 Å². The Morgan fingerprint density at radius 3 is 2.67 bits per heavy atom. The number of hydrogen-bond acceptors (Lipinski definition) is 3. The lowest BCUT2D eigenvalue weighted by atomic mass is 10.2. The lowest BCUT2D eigenvalue weighted by Gasteiger charge is -2.15. The van der Waals surface area contributed by atoms with Crippen molar-refractivity contribution >= 4 is 6.09 Å². The van der Waals surface area contributed by atoms with Gasteiger partial charge in [0.15, 0.2) is 0 Å². The van der Waals surface area contributed by atoms with Gasteiger partial charge in [0, 0.05) is 12.6 Å². The van der Waals surface area contributed by atoms with Gasteiger partial charge in [-0.3, -0.25) is 0 Å². The fourth-order valence-electron chi connectivity index (χ4n) is 1.55. The minimum absolute atomic E-state index is 0.287. The van der Waals surface area contributed by atoms with Gasteiger partial charge in [0.2, 0.25) is 0 Å². The zero-order chi connectivity index (χ0) is 12.8. The number of furan rings is 1. The third-order valence-electron chi connectivity index (χ3n) is 2.52. The average Bonchev–Trinajstić information content (AvgIpc) is 2.90. The molecule has 2 rings (SSSR count). The molecule has 94 valence electrons. The van der Waals surface area contributed by atoms with Crippen molar-refractivity contribution in [2.75, 3.05) is 7.05 Å². The SMILES string of the molecule is CN(Cc1ccoc1)C(=O)OCc1ccccc1. The average molecular weight is 245 g/mol. The first-order valence-electron chi connectivity index (χ1n) is 5.68. The lowest BCUT2D eigenvalue weighted by molar-refractivity contribution is 0.103. The van der Waals surface area contributed by atoms with Crippen LogP contribution in [0.15, 0.2) is 53.3 Å². The van der Waals surface area contributed by atoms with E-state index in [1.165, 1.54) is 4.90 Å². The molecule has 4 heteroatoms. The first kappa shape index (κ1) is 12.2. The summed E-state index contributed by atoms with van der Waals surface area (Å²) in [5.74, 6) is 0. The summed E-state index contributed by atoms with van der Waals surface area (Å²) in [6, 6.07) is 11.4. The minimum Gasteiger partial charge on any atom is -0.472 e. The molecule has 0 aliphatic heterocycles. The Morgan fingerprint density at radius 2 is 2.00 bits per heavy atom. The Hall–Kier alpha value is -2.23. The van der Waals surface area contributed by atoms with Crippen LogP contribution in [0, 0.1) is 0 Å². The zero-order valence-electron chi connectivity index (χ0n) is 10.2. The molecule has 0 fully saturated rings. The third kappa shape index (κ3) is 3.38. The van der Waals surface area contributed by atoms with Crippen molar-refractivity contribution in [2.45, 2.75) is 13.2 Å². The lowest BCUT2D eigenvalue weighted by Crippen LogP contribution is -2.26. The van der Waals surface area contributed by atoms with Crippen LogP contribution in [0.3, 0.4) is 0 Å². The molecule has 0 N–H and O–H groups in total. The first-order chi connectivity index (χ1) is 8.75. The van der Waals surface area contributed by atoms with E-state index in [0.29, 0.717) is 6.54 Å². The van der Waals surface area contributed by atoms with Gasteiger partial charge in [-0.15, -0.1) is 0 Å². The standard InChI is InChI=1S/C14H15NO3/c1-15(9-13-7-8-17-10-13)14(16)18-11-12-5-3-2-4-6-12/h2-8,10H,9,11H2,1H3. The van der Waals surface area contributed by atoms with Crippen LogP contribution in [0.5, 0.6) is 0 Å². The molecule has 0 aliphatic carbocycles. The number of benzene rings is 1. The quantitative estimate of drug-likeness (QED) is 0.831. The number of ether oxygens (including phenoxy) is 1. The fraction of sp³-hybridized carbons (Fsp3) is 0.214. The molecule has 4 nitrogen and oxygen atoms in total. The highest BCUT2D eigenvalue weighted by atomic mass is 16.6.